The van der Waals surface area contributed by atoms with Gasteiger partial charge in [-0.2, -0.15) is 0 Å². The molecule has 0 saturated heterocycles. The molecule has 0 fully saturated rings. The molecule has 5 heteroatoms. The lowest BCUT2D eigenvalue weighted by Crippen LogP contribution is -2.06. The number of halogens is 2. The van der Waals surface area contributed by atoms with E-state index in [0.29, 0.717) is 35.8 Å². The van der Waals surface area contributed by atoms with Gasteiger partial charge in [-0.1, -0.05) is 37.0 Å². The fourth-order valence-corrected chi connectivity index (χ4v) is 2.21. The van der Waals surface area contributed by atoms with E-state index in [1.165, 1.54) is 0 Å². The van der Waals surface area contributed by atoms with Crippen molar-refractivity contribution in [3.05, 3.63) is 21.7 Å². The summed E-state index contributed by atoms with van der Waals surface area (Å²) in [6, 6.07) is 0. The lowest BCUT2D eigenvalue weighted by Gasteiger charge is -2.10. The molecule has 1 aromatic heterocycles. The van der Waals surface area contributed by atoms with Gasteiger partial charge < -0.3 is 4.74 Å². The lowest BCUT2D eigenvalue weighted by molar-refractivity contribution is 0.149. The van der Waals surface area contributed by atoms with Gasteiger partial charge in [0, 0.05) is 18.6 Å². The average Bonchev–Trinajstić information content (AvgIpc) is 2.16. The highest BCUT2D eigenvalue weighted by molar-refractivity contribution is 6.34. The second-order valence-corrected chi connectivity index (χ2v) is 4.45. The zero-order chi connectivity index (χ0) is 12.1. The van der Waals surface area contributed by atoms with E-state index in [4.69, 9.17) is 27.9 Å². The molecule has 0 amide bonds. The van der Waals surface area contributed by atoms with Gasteiger partial charge in [0.05, 0.1) is 6.61 Å². The van der Waals surface area contributed by atoms with Crippen LogP contribution in [-0.4, -0.2) is 23.2 Å². The number of hydrogen-bond donors (Lipinski definition) is 0. The third kappa shape index (κ3) is 3.58. The standard InChI is InChI=1S/C11H16Cl2N2O/c1-4-16-6-5-8-14-10(12)9(7(2)3)11(13)15-8/h7H,4-6H2,1-3H3. The molecule has 1 aromatic rings. The predicted octanol–water partition coefficient (Wildman–Crippen LogP) is 3.49. The third-order valence-electron chi connectivity index (χ3n) is 2.15. The molecule has 0 bridgehead atoms. The van der Waals surface area contributed by atoms with Gasteiger partial charge in [-0.05, 0) is 12.8 Å². The quantitative estimate of drug-likeness (QED) is 0.602. The van der Waals surface area contributed by atoms with Crippen molar-refractivity contribution in [2.75, 3.05) is 13.2 Å². The van der Waals surface area contributed by atoms with Crippen LogP contribution in [0.1, 0.15) is 38.1 Å². The zero-order valence-electron chi connectivity index (χ0n) is 9.76. The molecule has 1 heterocycles. The SMILES string of the molecule is CCOCCc1nc(Cl)c(C(C)C)c(Cl)n1. The summed E-state index contributed by atoms with van der Waals surface area (Å²) in [5, 5.41) is 0.892. The van der Waals surface area contributed by atoms with Crippen molar-refractivity contribution in [1.29, 1.82) is 0 Å². The Morgan fingerprint density at radius 1 is 1.19 bits per heavy atom. The topological polar surface area (TPSA) is 35.0 Å². The highest BCUT2D eigenvalue weighted by atomic mass is 35.5. The van der Waals surface area contributed by atoms with Crippen LogP contribution in [0, 0.1) is 0 Å². The van der Waals surface area contributed by atoms with Gasteiger partial charge in [0.2, 0.25) is 0 Å². The Bertz CT molecular complexity index is 333. The van der Waals surface area contributed by atoms with E-state index < -0.39 is 0 Å². The first-order valence-electron chi connectivity index (χ1n) is 5.35. The second-order valence-electron chi connectivity index (χ2n) is 3.74. The monoisotopic (exact) mass is 262 g/mol. The summed E-state index contributed by atoms with van der Waals surface area (Å²) in [6.45, 7) is 7.24. The average molecular weight is 263 g/mol. The van der Waals surface area contributed by atoms with Gasteiger partial charge in [0.1, 0.15) is 16.1 Å². The molecule has 0 atom stereocenters. The summed E-state index contributed by atoms with van der Waals surface area (Å²) >= 11 is 12.1. The second kappa shape index (κ2) is 6.38. The van der Waals surface area contributed by atoms with Crippen molar-refractivity contribution >= 4 is 23.2 Å². The first-order valence-corrected chi connectivity index (χ1v) is 6.11. The molecule has 16 heavy (non-hydrogen) atoms. The van der Waals surface area contributed by atoms with Crippen LogP contribution in [-0.2, 0) is 11.2 Å². The Morgan fingerprint density at radius 3 is 2.19 bits per heavy atom. The summed E-state index contributed by atoms with van der Waals surface area (Å²) in [7, 11) is 0. The summed E-state index contributed by atoms with van der Waals surface area (Å²) < 4.78 is 5.23. The highest BCUT2D eigenvalue weighted by Gasteiger charge is 2.14. The maximum absolute atomic E-state index is 6.07. The van der Waals surface area contributed by atoms with Gasteiger partial charge in [-0.15, -0.1) is 0 Å². The van der Waals surface area contributed by atoms with E-state index in [-0.39, 0.29) is 5.92 Å². The molecular formula is C11H16Cl2N2O. The van der Waals surface area contributed by atoms with Crippen molar-refractivity contribution in [3.63, 3.8) is 0 Å². The molecule has 0 N–H and O–H groups in total. The van der Waals surface area contributed by atoms with E-state index in [2.05, 4.69) is 9.97 Å². The van der Waals surface area contributed by atoms with Gasteiger partial charge in [0.25, 0.3) is 0 Å². The van der Waals surface area contributed by atoms with E-state index in [0.717, 1.165) is 5.56 Å². The van der Waals surface area contributed by atoms with Crippen molar-refractivity contribution in [2.45, 2.75) is 33.1 Å². The molecular weight excluding hydrogens is 247 g/mol. The number of hydrogen-bond acceptors (Lipinski definition) is 3. The minimum Gasteiger partial charge on any atom is -0.381 e. The molecule has 0 aromatic carbocycles. The van der Waals surface area contributed by atoms with Gasteiger partial charge in [-0.3, -0.25) is 0 Å². The highest BCUT2D eigenvalue weighted by Crippen LogP contribution is 2.28. The molecule has 3 nitrogen and oxygen atoms in total. The van der Waals surface area contributed by atoms with Gasteiger partial charge >= 0.3 is 0 Å². The zero-order valence-corrected chi connectivity index (χ0v) is 11.3. The minimum absolute atomic E-state index is 0.223. The van der Waals surface area contributed by atoms with Crippen molar-refractivity contribution in [2.24, 2.45) is 0 Å². The van der Waals surface area contributed by atoms with Crippen LogP contribution in [0.25, 0.3) is 0 Å². The summed E-state index contributed by atoms with van der Waals surface area (Å²) in [6.07, 6.45) is 0.631. The van der Waals surface area contributed by atoms with Crippen LogP contribution in [0.15, 0.2) is 0 Å². The van der Waals surface area contributed by atoms with Crippen LogP contribution in [0.3, 0.4) is 0 Å². The molecule has 0 aliphatic heterocycles. The van der Waals surface area contributed by atoms with E-state index in [9.17, 15) is 0 Å². The molecule has 1 rings (SSSR count). The number of nitrogens with zero attached hydrogens (tertiary/aromatic N) is 2. The summed E-state index contributed by atoms with van der Waals surface area (Å²) in [5.41, 5.74) is 0.809. The largest absolute Gasteiger partial charge is 0.381 e. The van der Waals surface area contributed by atoms with Crippen molar-refractivity contribution in [3.8, 4) is 0 Å². The van der Waals surface area contributed by atoms with E-state index in [1.807, 2.05) is 20.8 Å². The van der Waals surface area contributed by atoms with Crippen molar-refractivity contribution < 1.29 is 4.74 Å². The minimum atomic E-state index is 0.223. The number of rotatable bonds is 5. The first-order chi connectivity index (χ1) is 7.56. The Labute approximate surface area is 106 Å². The maximum atomic E-state index is 6.07. The molecule has 0 unspecified atom stereocenters. The Balaban J connectivity index is 2.83. The maximum Gasteiger partial charge on any atom is 0.137 e. The van der Waals surface area contributed by atoms with Crippen LogP contribution in [0.2, 0.25) is 10.3 Å². The Hall–Kier alpha value is -0.380. The molecule has 0 spiro atoms. The molecule has 0 aliphatic rings. The van der Waals surface area contributed by atoms with Crippen LogP contribution < -0.4 is 0 Å². The van der Waals surface area contributed by atoms with Crippen LogP contribution >= 0.6 is 23.2 Å². The van der Waals surface area contributed by atoms with Crippen LogP contribution in [0.5, 0.6) is 0 Å². The van der Waals surface area contributed by atoms with E-state index in [1.54, 1.807) is 0 Å². The first kappa shape index (κ1) is 13.7. The van der Waals surface area contributed by atoms with Gasteiger partial charge in [0.15, 0.2) is 0 Å². The molecule has 90 valence electrons. The smallest absolute Gasteiger partial charge is 0.137 e. The molecule has 0 saturated carbocycles. The van der Waals surface area contributed by atoms with Crippen molar-refractivity contribution in [1.82, 2.24) is 9.97 Å². The van der Waals surface area contributed by atoms with E-state index >= 15 is 0 Å². The normalized spacial score (nSPS) is 11.1. The van der Waals surface area contributed by atoms with Crippen LogP contribution in [0.4, 0.5) is 0 Å². The third-order valence-corrected chi connectivity index (χ3v) is 2.73. The fraction of sp³-hybridized carbons (Fsp3) is 0.636. The molecule has 0 radical (unpaired) electrons. The summed E-state index contributed by atoms with van der Waals surface area (Å²) in [5.74, 6) is 0.855. The number of aromatic nitrogens is 2. The summed E-state index contributed by atoms with van der Waals surface area (Å²) in [4.78, 5) is 8.43. The predicted molar refractivity (Wildman–Crippen MR) is 66.3 cm³/mol. The van der Waals surface area contributed by atoms with Gasteiger partial charge in [-0.25, -0.2) is 9.97 Å². The lowest BCUT2D eigenvalue weighted by atomic mass is 10.1. The Morgan fingerprint density at radius 2 is 1.75 bits per heavy atom. The fourth-order valence-electron chi connectivity index (χ4n) is 1.35. The Kier molecular flexibility index (Phi) is 5.46. The number of ether oxygens (including phenoxy) is 1. The molecule has 0 aliphatic carbocycles.